The van der Waals surface area contributed by atoms with Crippen molar-refractivity contribution in [2.24, 2.45) is 0 Å². The fourth-order valence-corrected chi connectivity index (χ4v) is 3.01. The molecule has 6 heteroatoms. The van der Waals surface area contributed by atoms with Crippen LogP contribution in [-0.2, 0) is 37.0 Å². The molecule has 6 nitrogen and oxygen atoms in total. The topological polar surface area (TPSA) is 74.2 Å². The monoisotopic (exact) mass is 372 g/mol. The van der Waals surface area contributed by atoms with Gasteiger partial charge < -0.3 is 24.1 Å². The Balaban J connectivity index is 1.68. The number of rotatable bonds is 8. The van der Waals surface area contributed by atoms with E-state index in [0.717, 1.165) is 11.1 Å². The van der Waals surface area contributed by atoms with E-state index < -0.39 is 30.6 Å². The summed E-state index contributed by atoms with van der Waals surface area (Å²) in [5, 5.41) is 9.69. The molecular weight excluding hydrogens is 348 g/mol. The Labute approximate surface area is 158 Å². The zero-order valence-electron chi connectivity index (χ0n) is 15.2. The molecule has 0 amide bonds. The van der Waals surface area contributed by atoms with E-state index in [0.29, 0.717) is 13.2 Å². The Morgan fingerprint density at radius 1 is 0.926 bits per heavy atom. The van der Waals surface area contributed by atoms with Gasteiger partial charge in [0, 0.05) is 6.92 Å². The molecule has 144 valence electrons. The van der Waals surface area contributed by atoms with Crippen molar-refractivity contribution in [3.05, 3.63) is 71.8 Å². The minimum atomic E-state index is -0.813. The van der Waals surface area contributed by atoms with Gasteiger partial charge in [0.2, 0.25) is 0 Å². The number of aliphatic hydroxyl groups excluding tert-OH is 1. The van der Waals surface area contributed by atoms with Crippen molar-refractivity contribution in [3.63, 3.8) is 0 Å². The van der Waals surface area contributed by atoms with Gasteiger partial charge in [-0.3, -0.25) is 4.79 Å². The van der Waals surface area contributed by atoms with Gasteiger partial charge in [-0.05, 0) is 11.1 Å². The van der Waals surface area contributed by atoms with Gasteiger partial charge in [-0.1, -0.05) is 60.7 Å². The SMILES string of the molecule is CC(=O)O[C@H]1C(OCc2ccccc2)[C@@H](CO)O[C@@H]1OCc1ccccc1. The second-order valence-corrected chi connectivity index (χ2v) is 6.36. The summed E-state index contributed by atoms with van der Waals surface area (Å²) in [5.74, 6) is -0.455. The number of esters is 1. The predicted molar refractivity (Wildman–Crippen MR) is 97.6 cm³/mol. The van der Waals surface area contributed by atoms with Crippen molar-refractivity contribution >= 4 is 5.97 Å². The molecule has 1 heterocycles. The molecule has 27 heavy (non-hydrogen) atoms. The van der Waals surface area contributed by atoms with Gasteiger partial charge in [-0.2, -0.15) is 0 Å². The number of ether oxygens (including phenoxy) is 4. The fourth-order valence-electron chi connectivity index (χ4n) is 3.01. The number of aliphatic hydroxyl groups is 1. The van der Waals surface area contributed by atoms with Crippen LogP contribution in [0.2, 0.25) is 0 Å². The van der Waals surface area contributed by atoms with Crippen LogP contribution in [0.25, 0.3) is 0 Å². The molecule has 0 radical (unpaired) electrons. The minimum Gasteiger partial charge on any atom is -0.454 e. The summed E-state index contributed by atoms with van der Waals surface area (Å²) in [6.07, 6.45) is -2.84. The lowest BCUT2D eigenvalue weighted by Gasteiger charge is -2.23. The van der Waals surface area contributed by atoms with Crippen LogP contribution in [0.5, 0.6) is 0 Å². The number of carbonyl (C=O) groups is 1. The zero-order valence-corrected chi connectivity index (χ0v) is 15.2. The zero-order chi connectivity index (χ0) is 19.1. The Morgan fingerprint density at radius 2 is 1.48 bits per heavy atom. The van der Waals surface area contributed by atoms with Gasteiger partial charge in [0.05, 0.1) is 19.8 Å². The lowest BCUT2D eigenvalue weighted by atomic mass is 10.1. The lowest BCUT2D eigenvalue weighted by molar-refractivity contribution is -0.192. The van der Waals surface area contributed by atoms with Gasteiger partial charge >= 0.3 is 5.97 Å². The maximum atomic E-state index is 11.6. The van der Waals surface area contributed by atoms with Crippen LogP contribution in [0.3, 0.4) is 0 Å². The average Bonchev–Trinajstić information content (AvgIpc) is 3.02. The molecule has 0 aliphatic carbocycles. The van der Waals surface area contributed by atoms with E-state index in [1.807, 2.05) is 60.7 Å². The lowest BCUT2D eigenvalue weighted by Crippen LogP contribution is -2.40. The minimum absolute atomic E-state index is 0.261. The highest BCUT2D eigenvalue weighted by Crippen LogP contribution is 2.29. The first-order valence-corrected chi connectivity index (χ1v) is 8.92. The van der Waals surface area contributed by atoms with E-state index in [-0.39, 0.29) is 6.61 Å². The maximum absolute atomic E-state index is 11.6. The number of benzene rings is 2. The molecular formula is C21H24O6. The van der Waals surface area contributed by atoms with Gasteiger partial charge in [-0.15, -0.1) is 0 Å². The molecule has 3 rings (SSSR count). The third-order valence-electron chi connectivity index (χ3n) is 4.29. The smallest absolute Gasteiger partial charge is 0.303 e. The molecule has 1 aliphatic rings. The first-order chi connectivity index (χ1) is 13.2. The molecule has 1 aliphatic heterocycles. The summed E-state index contributed by atoms with van der Waals surface area (Å²) in [6, 6.07) is 19.3. The van der Waals surface area contributed by atoms with Crippen molar-refractivity contribution in [3.8, 4) is 0 Å². The predicted octanol–water partition coefficient (Wildman–Crippen LogP) is 2.44. The van der Waals surface area contributed by atoms with Crippen LogP contribution in [0.4, 0.5) is 0 Å². The molecule has 1 N–H and O–H groups in total. The highest BCUT2D eigenvalue weighted by molar-refractivity contribution is 5.66. The molecule has 2 aromatic carbocycles. The third-order valence-corrected chi connectivity index (χ3v) is 4.29. The number of carbonyl (C=O) groups excluding carboxylic acids is 1. The van der Waals surface area contributed by atoms with Gasteiger partial charge in [-0.25, -0.2) is 0 Å². The normalized spacial score (nSPS) is 24.7. The molecule has 1 unspecified atom stereocenters. The number of hydrogen-bond donors (Lipinski definition) is 1. The summed E-state index contributed by atoms with van der Waals surface area (Å²) in [4.78, 5) is 11.6. The van der Waals surface area contributed by atoms with Crippen LogP contribution < -0.4 is 0 Å². The van der Waals surface area contributed by atoms with Crippen LogP contribution in [-0.4, -0.2) is 42.3 Å². The van der Waals surface area contributed by atoms with E-state index in [1.54, 1.807) is 0 Å². The van der Waals surface area contributed by atoms with Crippen molar-refractivity contribution in [1.29, 1.82) is 0 Å². The van der Waals surface area contributed by atoms with Crippen molar-refractivity contribution in [2.75, 3.05) is 6.61 Å². The third kappa shape index (κ3) is 5.37. The van der Waals surface area contributed by atoms with Crippen LogP contribution >= 0.6 is 0 Å². The van der Waals surface area contributed by atoms with Crippen LogP contribution in [0.15, 0.2) is 60.7 Å². The first kappa shape index (κ1) is 19.5. The molecule has 0 saturated carbocycles. The molecule has 0 bridgehead atoms. The maximum Gasteiger partial charge on any atom is 0.303 e. The van der Waals surface area contributed by atoms with Gasteiger partial charge in [0.1, 0.15) is 12.2 Å². The molecule has 0 aromatic heterocycles. The summed E-state index contributed by atoms with van der Waals surface area (Å²) in [5.41, 5.74) is 1.95. The van der Waals surface area contributed by atoms with Gasteiger partial charge in [0.25, 0.3) is 0 Å². The fraction of sp³-hybridized carbons (Fsp3) is 0.381. The standard InChI is InChI=1S/C21H24O6/c1-15(23)26-20-19(24-13-16-8-4-2-5-9-16)18(12-22)27-21(20)25-14-17-10-6-3-7-11-17/h2-11,18-22H,12-14H2,1H3/t18-,19?,20+,21+/m1/s1. The largest absolute Gasteiger partial charge is 0.454 e. The Morgan fingerprint density at radius 3 is 2.00 bits per heavy atom. The van der Waals surface area contributed by atoms with Crippen molar-refractivity contribution in [2.45, 2.75) is 44.7 Å². The van der Waals surface area contributed by atoms with E-state index in [1.165, 1.54) is 6.92 Å². The number of hydrogen-bond acceptors (Lipinski definition) is 6. The quantitative estimate of drug-likeness (QED) is 0.718. The van der Waals surface area contributed by atoms with Crippen molar-refractivity contribution in [1.82, 2.24) is 0 Å². The first-order valence-electron chi connectivity index (χ1n) is 8.92. The highest BCUT2D eigenvalue weighted by atomic mass is 16.7. The summed E-state index contributed by atoms with van der Waals surface area (Å²) < 4.78 is 23.0. The van der Waals surface area contributed by atoms with E-state index in [9.17, 15) is 9.90 Å². The second-order valence-electron chi connectivity index (χ2n) is 6.36. The second kappa shape index (κ2) is 9.62. The van der Waals surface area contributed by atoms with E-state index in [2.05, 4.69) is 0 Å². The van der Waals surface area contributed by atoms with E-state index >= 15 is 0 Å². The Kier molecular flexibility index (Phi) is 6.95. The van der Waals surface area contributed by atoms with Crippen LogP contribution in [0.1, 0.15) is 18.1 Å². The average molecular weight is 372 g/mol. The Bertz CT molecular complexity index is 705. The van der Waals surface area contributed by atoms with Crippen LogP contribution in [0, 0.1) is 0 Å². The summed E-state index contributed by atoms with van der Waals surface area (Å²) in [6.45, 7) is 1.68. The van der Waals surface area contributed by atoms with E-state index in [4.69, 9.17) is 18.9 Å². The highest BCUT2D eigenvalue weighted by Gasteiger charge is 2.48. The summed E-state index contributed by atoms with van der Waals surface area (Å²) in [7, 11) is 0. The molecule has 0 spiro atoms. The molecule has 1 fully saturated rings. The Hall–Kier alpha value is -2.25. The summed E-state index contributed by atoms with van der Waals surface area (Å²) >= 11 is 0. The van der Waals surface area contributed by atoms with Crippen molar-refractivity contribution < 1.29 is 28.8 Å². The van der Waals surface area contributed by atoms with Gasteiger partial charge in [0.15, 0.2) is 12.4 Å². The molecule has 4 atom stereocenters. The molecule has 2 aromatic rings. The molecule has 1 saturated heterocycles.